The Morgan fingerprint density at radius 2 is 1.79 bits per heavy atom. The Balaban J connectivity index is 1.40. The molecule has 2 aromatic carbocycles. The first kappa shape index (κ1) is 30.3. The second-order valence-electron chi connectivity index (χ2n) is 10.1. The van der Waals surface area contributed by atoms with E-state index in [4.69, 9.17) is 31.2 Å². The number of methoxy groups -OCH3 is 2. The Kier molecular flexibility index (Phi) is 9.14. The lowest BCUT2D eigenvalue weighted by atomic mass is 9.91. The lowest BCUT2D eigenvalue weighted by Crippen LogP contribution is -2.39. The van der Waals surface area contributed by atoms with Gasteiger partial charge in [0.05, 0.1) is 24.3 Å². The summed E-state index contributed by atoms with van der Waals surface area (Å²) in [5.41, 5.74) is 2.94. The molecule has 5 rings (SSSR count). The molecule has 1 aliphatic rings. The zero-order valence-electron chi connectivity index (χ0n) is 23.5. The number of anilines is 2. The van der Waals surface area contributed by atoms with Gasteiger partial charge in [-0.25, -0.2) is 23.2 Å². The van der Waals surface area contributed by atoms with Crippen molar-refractivity contribution in [3.05, 3.63) is 65.3 Å². The molecule has 2 aromatic heterocycles. The molecule has 0 spiro atoms. The number of amides is 1. The van der Waals surface area contributed by atoms with E-state index in [0.717, 1.165) is 47.7 Å². The standard InChI is InChI=1S/C29H31ClN6O6S/c1-41-16-19-14-17(13-18-15-31-28(35-26(18)19)32-20-7-9-21(10-8-20)33-29(37)38)22-11-12-25(34-27(22)42-2)36-43(39,40)24-6-4-3-5-23(24)30/h3-6,11-15,20-21,33H,7-10,16H2,1-2H3,(H,34,36)(H,37,38)(H,31,32,35)/t20-,21-. The molecule has 4 N–H and O–H groups in total. The molecule has 0 radical (unpaired) electrons. The van der Waals surface area contributed by atoms with Gasteiger partial charge in [0.25, 0.3) is 10.0 Å². The highest BCUT2D eigenvalue weighted by molar-refractivity contribution is 7.92. The summed E-state index contributed by atoms with van der Waals surface area (Å²) in [4.78, 5) is 24.6. The van der Waals surface area contributed by atoms with Gasteiger partial charge in [0.1, 0.15) is 10.7 Å². The van der Waals surface area contributed by atoms with Crippen LogP contribution in [0.5, 0.6) is 5.88 Å². The highest BCUT2D eigenvalue weighted by atomic mass is 35.5. The molecule has 0 aliphatic heterocycles. The van der Waals surface area contributed by atoms with Crippen molar-refractivity contribution in [1.29, 1.82) is 0 Å². The lowest BCUT2D eigenvalue weighted by molar-refractivity contribution is 0.185. The number of ether oxygens (including phenoxy) is 2. The van der Waals surface area contributed by atoms with E-state index in [0.29, 0.717) is 11.5 Å². The third-order valence-corrected chi connectivity index (χ3v) is 9.03. The molecule has 1 saturated carbocycles. The van der Waals surface area contributed by atoms with E-state index >= 15 is 0 Å². The first-order valence-electron chi connectivity index (χ1n) is 13.5. The van der Waals surface area contributed by atoms with Crippen LogP contribution in [0.2, 0.25) is 5.02 Å². The van der Waals surface area contributed by atoms with Crippen LogP contribution in [-0.2, 0) is 21.4 Å². The summed E-state index contributed by atoms with van der Waals surface area (Å²) in [7, 11) is -0.916. The van der Waals surface area contributed by atoms with Gasteiger partial charge in [0.15, 0.2) is 0 Å². The number of carboxylic acid groups (broad SMARTS) is 1. The number of rotatable bonds is 10. The number of halogens is 1. The van der Waals surface area contributed by atoms with Crippen molar-refractivity contribution in [2.45, 2.75) is 49.3 Å². The van der Waals surface area contributed by atoms with Gasteiger partial charge in [-0.1, -0.05) is 23.7 Å². The predicted molar refractivity (Wildman–Crippen MR) is 163 cm³/mol. The smallest absolute Gasteiger partial charge is 0.404 e. The largest absolute Gasteiger partial charge is 0.480 e. The van der Waals surface area contributed by atoms with Gasteiger partial charge < -0.3 is 25.2 Å². The number of hydrogen-bond donors (Lipinski definition) is 4. The third-order valence-electron chi connectivity index (χ3n) is 7.18. The van der Waals surface area contributed by atoms with E-state index in [2.05, 4.69) is 25.3 Å². The molecule has 1 aliphatic carbocycles. The van der Waals surface area contributed by atoms with Gasteiger partial charge >= 0.3 is 6.09 Å². The van der Waals surface area contributed by atoms with E-state index in [1.165, 1.54) is 19.2 Å². The fraction of sp³-hybridized carbons (Fsp3) is 0.310. The number of aromatic nitrogens is 3. The van der Waals surface area contributed by atoms with Crippen LogP contribution in [0.1, 0.15) is 31.2 Å². The molecule has 12 nitrogen and oxygen atoms in total. The number of benzene rings is 2. The first-order chi connectivity index (χ1) is 20.7. The Morgan fingerprint density at radius 3 is 2.49 bits per heavy atom. The van der Waals surface area contributed by atoms with Gasteiger partial charge in [-0.3, -0.25) is 4.72 Å². The average Bonchev–Trinajstić information content (AvgIpc) is 2.98. The molecular formula is C29H31ClN6O6S. The van der Waals surface area contributed by atoms with Crippen molar-refractivity contribution in [3.63, 3.8) is 0 Å². The number of nitrogens with one attached hydrogen (secondary N) is 3. The second kappa shape index (κ2) is 13.0. The summed E-state index contributed by atoms with van der Waals surface area (Å²) in [6.45, 7) is 0.290. The van der Waals surface area contributed by atoms with Crippen molar-refractivity contribution < 1.29 is 27.8 Å². The fourth-order valence-electron chi connectivity index (χ4n) is 5.18. The summed E-state index contributed by atoms with van der Waals surface area (Å²) in [5, 5.41) is 15.8. The Bertz CT molecular complexity index is 1750. The summed E-state index contributed by atoms with van der Waals surface area (Å²) < 4.78 is 39.3. The summed E-state index contributed by atoms with van der Waals surface area (Å²) in [6, 6.07) is 13.4. The average molecular weight is 627 g/mol. The van der Waals surface area contributed by atoms with Gasteiger partial charge in [-0.05, 0) is 67.6 Å². The van der Waals surface area contributed by atoms with Gasteiger partial charge in [0, 0.05) is 41.9 Å². The van der Waals surface area contributed by atoms with Crippen LogP contribution >= 0.6 is 11.6 Å². The molecule has 0 atom stereocenters. The number of fused-ring (bicyclic) bond motifs is 1. The molecule has 4 aromatic rings. The maximum absolute atomic E-state index is 12.9. The molecular weight excluding hydrogens is 596 g/mol. The van der Waals surface area contributed by atoms with Crippen molar-refractivity contribution >= 4 is 50.4 Å². The zero-order chi connectivity index (χ0) is 30.6. The van der Waals surface area contributed by atoms with Crippen LogP contribution in [0, 0.1) is 0 Å². The minimum atomic E-state index is -3.98. The SMILES string of the molecule is COCc1cc(-c2ccc(NS(=O)(=O)c3ccccc3Cl)nc2OC)cc2cnc(N[C@H]3CC[C@H](NC(=O)O)CC3)nc12. The Morgan fingerprint density at radius 1 is 1.05 bits per heavy atom. The van der Waals surface area contributed by atoms with E-state index in [9.17, 15) is 13.2 Å². The predicted octanol–water partition coefficient (Wildman–Crippen LogP) is 5.29. The van der Waals surface area contributed by atoms with Crippen LogP contribution in [0.25, 0.3) is 22.0 Å². The number of hydrogen-bond acceptors (Lipinski definition) is 9. The Labute approximate surface area is 253 Å². The molecule has 1 amide bonds. The highest BCUT2D eigenvalue weighted by Gasteiger charge is 2.23. The highest BCUT2D eigenvalue weighted by Crippen LogP contribution is 2.34. The van der Waals surface area contributed by atoms with E-state index in [-0.39, 0.29) is 40.3 Å². The quantitative estimate of drug-likeness (QED) is 0.182. The van der Waals surface area contributed by atoms with Gasteiger partial charge in [-0.2, -0.15) is 4.98 Å². The molecule has 14 heteroatoms. The van der Waals surface area contributed by atoms with Crippen molar-refractivity contribution in [1.82, 2.24) is 20.3 Å². The van der Waals surface area contributed by atoms with Crippen LogP contribution in [0.15, 0.2) is 59.6 Å². The second-order valence-corrected chi connectivity index (χ2v) is 12.2. The number of pyridine rings is 1. The van der Waals surface area contributed by atoms with Crippen LogP contribution < -0.4 is 20.1 Å². The van der Waals surface area contributed by atoms with Crippen LogP contribution in [-0.4, -0.2) is 60.9 Å². The van der Waals surface area contributed by atoms with E-state index < -0.39 is 16.1 Å². The van der Waals surface area contributed by atoms with E-state index in [1.54, 1.807) is 37.6 Å². The number of nitrogens with zero attached hydrogens (tertiary/aromatic N) is 3. The summed E-state index contributed by atoms with van der Waals surface area (Å²) >= 11 is 6.10. The number of carbonyl (C=O) groups is 1. The summed E-state index contributed by atoms with van der Waals surface area (Å²) in [5.74, 6) is 0.779. The Hall–Kier alpha value is -4.20. The van der Waals surface area contributed by atoms with Gasteiger partial charge in [0.2, 0.25) is 11.8 Å². The normalized spacial score (nSPS) is 16.9. The van der Waals surface area contributed by atoms with Gasteiger partial charge in [-0.15, -0.1) is 0 Å². The minimum Gasteiger partial charge on any atom is -0.480 e. The minimum absolute atomic E-state index is 0.0390. The summed E-state index contributed by atoms with van der Waals surface area (Å²) in [6.07, 6.45) is 3.82. The molecule has 2 heterocycles. The van der Waals surface area contributed by atoms with Crippen molar-refractivity contribution in [2.24, 2.45) is 0 Å². The maximum atomic E-state index is 12.9. The third kappa shape index (κ3) is 7.07. The van der Waals surface area contributed by atoms with Crippen molar-refractivity contribution in [2.75, 3.05) is 24.3 Å². The monoisotopic (exact) mass is 626 g/mol. The van der Waals surface area contributed by atoms with Crippen LogP contribution in [0.4, 0.5) is 16.6 Å². The maximum Gasteiger partial charge on any atom is 0.404 e. The lowest BCUT2D eigenvalue weighted by Gasteiger charge is -2.28. The molecule has 0 saturated heterocycles. The number of sulfonamides is 1. The van der Waals surface area contributed by atoms with E-state index in [1.807, 2.05) is 12.1 Å². The molecule has 1 fully saturated rings. The molecule has 226 valence electrons. The molecule has 0 bridgehead atoms. The first-order valence-corrected chi connectivity index (χ1v) is 15.4. The zero-order valence-corrected chi connectivity index (χ0v) is 25.1. The molecule has 43 heavy (non-hydrogen) atoms. The van der Waals surface area contributed by atoms with Crippen molar-refractivity contribution in [3.8, 4) is 17.0 Å². The molecule has 0 unspecified atom stereocenters. The topological polar surface area (TPSA) is 165 Å². The van der Waals surface area contributed by atoms with Crippen LogP contribution in [0.3, 0.4) is 0 Å². The fourth-order valence-corrected chi connectivity index (χ4v) is 6.70.